The Bertz CT molecular complexity index is 1230. The number of amides is 1. The zero-order chi connectivity index (χ0) is 24.7. The molecule has 3 aromatic carbocycles. The van der Waals surface area contributed by atoms with Gasteiger partial charge < -0.3 is 10.1 Å². The number of ether oxygens (including phenoxy) is 1. The molecule has 0 aliphatic rings. The van der Waals surface area contributed by atoms with Crippen molar-refractivity contribution in [1.82, 2.24) is 5.32 Å². The molecule has 3 aromatic rings. The number of benzene rings is 3. The highest BCUT2D eigenvalue weighted by atomic mass is 32.2. The van der Waals surface area contributed by atoms with Gasteiger partial charge in [-0.2, -0.15) is 0 Å². The van der Waals surface area contributed by atoms with Gasteiger partial charge in [0.1, 0.15) is 18.2 Å². The van der Waals surface area contributed by atoms with Gasteiger partial charge in [0.15, 0.2) is 0 Å². The number of hydrogen-bond acceptors (Lipinski definition) is 4. The molecule has 0 aliphatic heterocycles. The monoisotopic (exact) mass is 484 g/mol. The first-order valence-corrected chi connectivity index (χ1v) is 12.8. The van der Waals surface area contributed by atoms with Gasteiger partial charge in [-0.05, 0) is 47.4 Å². The van der Waals surface area contributed by atoms with Crippen molar-refractivity contribution < 1.29 is 22.3 Å². The Hall–Kier alpha value is -3.39. The van der Waals surface area contributed by atoms with Gasteiger partial charge in [0, 0.05) is 5.56 Å². The van der Waals surface area contributed by atoms with Crippen LogP contribution in [0.25, 0.3) is 0 Å². The van der Waals surface area contributed by atoms with Crippen molar-refractivity contribution in [3.63, 3.8) is 0 Å². The normalized spacial score (nSPS) is 11.3. The molecule has 34 heavy (non-hydrogen) atoms. The van der Waals surface area contributed by atoms with Crippen LogP contribution in [0.15, 0.2) is 72.8 Å². The second kappa shape index (κ2) is 11.2. The highest BCUT2D eigenvalue weighted by Crippen LogP contribution is 2.26. The minimum atomic E-state index is -3.71. The lowest BCUT2D eigenvalue weighted by Crippen LogP contribution is -2.30. The third-order valence-electron chi connectivity index (χ3n) is 5.25. The number of carbonyl (C=O) groups excluding carboxylic acids is 1. The van der Waals surface area contributed by atoms with Gasteiger partial charge in [-0.1, -0.05) is 56.3 Å². The van der Waals surface area contributed by atoms with Crippen molar-refractivity contribution in [2.75, 3.05) is 23.7 Å². The highest BCUT2D eigenvalue weighted by Gasteiger charge is 2.21. The lowest BCUT2D eigenvalue weighted by Gasteiger charge is -2.23. The van der Waals surface area contributed by atoms with Gasteiger partial charge in [-0.3, -0.25) is 9.10 Å². The zero-order valence-electron chi connectivity index (χ0n) is 19.5. The maximum absolute atomic E-state index is 14.2. The summed E-state index contributed by atoms with van der Waals surface area (Å²) in [5.41, 5.74) is 2.15. The number of nitrogens with zero attached hydrogens (tertiary/aromatic N) is 1. The molecule has 0 bridgehead atoms. The predicted octanol–water partition coefficient (Wildman–Crippen LogP) is 4.72. The molecule has 0 saturated carbocycles. The molecule has 3 rings (SSSR count). The van der Waals surface area contributed by atoms with E-state index < -0.39 is 15.8 Å². The number of para-hydroxylation sites is 2. The average molecular weight is 485 g/mol. The Balaban J connectivity index is 1.58. The van der Waals surface area contributed by atoms with Crippen molar-refractivity contribution in [2.24, 2.45) is 0 Å². The Morgan fingerprint density at radius 3 is 2.29 bits per heavy atom. The fourth-order valence-electron chi connectivity index (χ4n) is 3.48. The summed E-state index contributed by atoms with van der Waals surface area (Å²) in [5.74, 6) is 0.256. The molecular formula is C26H29FN2O4S. The van der Waals surface area contributed by atoms with Crippen LogP contribution in [0.5, 0.6) is 5.75 Å². The van der Waals surface area contributed by atoms with Gasteiger partial charge in [0.25, 0.3) is 5.91 Å². The van der Waals surface area contributed by atoms with E-state index in [2.05, 4.69) is 19.2 Å². The topological polar surface area (TPSA) is 75.7 Å². The average Bonchev–Trinajstić information content (AvgIpc) is 2.80. The molecule has 0 unspecified atom stereocenters. The maximum Gasteiger partial charge on any atom is 0.251 e. The summed E-state index contributed by atoms with van der Waals surface area (Å²) in [6, 6.07) is 20.1. The number of nitrogens with one attached hydrogen (secondary N) is 1. The molecule has 8 heteroatoms. The lowest BCUT2D eigenvalue weighted by atomic mass is 10.0. The molecule has 0 heterocycles. The van der Waals surface area contributed by atoms with Crippen molar-refractivity contribution in [2.45, 2.75) is 26.3 Å². The Morgan fingerprint density at radius 1 is 1.00 bits per heavy atom. The molecule has 0 spiro atoms. The quantitative estimate of drug-likeness (QED) is 0.423. The second-order valence-corrected chi connectivity index (χ2v) is 10.1. The summed E-state index contributed by atoms with van der Waals surface area (Å²) < 4.78 is 45.5. The molecule has 0 radical (unpaired) electrons. The van der Waals surface area contributed by atoms with E-state index >= 15 is 0 Å². The van der Waals surface area contributed by atoms with E-state index in [0.29, 0.717) is 30.2 Å². The summed E-state index contributed by atoms with van der Waals surface area (Å²) >= 11 is 0. The number of anilines is 1. The van der Waals surface area contributed by atoms with Crippen LogP contribution in [-0.4, -0.2) is 33.7 Å². The van der Waals surface area contributed by atoms with E-state index in [1.807, 2.05) is 24.3 Å². The van der Waals surface area contributed by atoms with Crippen LogP contribution in [0.3, 0.4) is 0 Å². The number of hydrogen-bond donors (Lipinski definition) is 1. The number of carbonyl (C=O) groups is 1. The molecule has 180 valence electrons. The van der Waals surface area contributed by atoms with E-state index in [0.717, 1.165) is 21.9 Å². The first-order chi connectivity index (χ1) is 16.2. The Kier molecular flexibility index (Phi) is 8.28. The SMILES string of the molecule is CC(C)c1ccccc1OCCNC(=O)c1ccc(CN(c2ccccc2F)S(C)(=O)=O)cc1. The third-order valence-corrected chi connectivity index (χ3v) is 6.38. The standard InChI is InChI=1S/C26H29FN2O4S/c1-19(2)22-8-4-7-11-25(22)33-17-16-28-26(30)21-14-12-20(13-15-21)18-29(34(3,31)32)24-10-6-5-9-23(24)27/h4-15,19H,16-18H2,1-3H3,(H,28,30). The van der Waals surface area contributed by atoms with E-state index in [1.54, 1.807) is 30.3 Å². The first kappa shape index (κ1) is 25.2. The summed E-state index contributed by atoms with van der Waals surface area (Å²) in [4.78, 5) is 12.5. The van der Waals surface area contributed by atoms with Crippen molar-refractivity contribution in [1.29, 1.82) is 0 Å². The maximum atomic E-state index is 14.2. The van der Waals surface area contributed by atoms with Gasteiger partial charge >= 0.3 is 0 Å². The minimum Gasteiger partial charge on any atom is -0.491 e. The minimum absolute atomic E-state index is 0.0224. The molecule has 0 atom stereocenters. The molecule has 0 aromatic heterocycles. The van der Waals surface area contributed by atoms with Gasteiger partial charge in [0.2, 0.25) is 10.0 Å². The van der Waals surface area contributed by atoms with E-state index in [1.165, 1.54) is 18.2 Å². The van der Waals surface area contributed by atoms with Crippen molar-refractivity contribution in [3.05, 3.63) is 95.3 Å². The summed E-state index contributed by atoms with van der Waals surface area (Å²) in [5, 5.41) is 2.82. The number of rotatable bonds is 10. The van der Waals surface area contributed by atoms with Crippen LogP contribution in [0.4, 0.5) is 10.1 Å². The largest absolute Gasteiger partial charge is 0.491 e. The molecule has 1 amide bonds. The smallest absolute Gasteiger partial charge is 0.251 e. The van der Waals surface area contributed by atoms with E-state index in [-0.39, 0.29) is 18.1 Å². The zero-order valence-corrected chi connectivity index (χ0v) is 20.3. The van der Waals surface area contributed by atoms with Crippen LogP contribution in [0.1, 0.15) is 41.3 Å². The molecule has 0 aliphatic carbocycles. The van der Waals surface area contributed by atoms with Crippen molar-refractivity contribution >= 4 is 21.6 Å². The molecule has 1 N–H and O–H groups in total. The highest BCUT2D eigenvalue weighted by molar-refractivity contribution is 7.92. The third kappa shape index (κ3) is 6.57. The van der Waals surface area contributed by atoms with Crippen LogP contribution in [0, 0.1) is 5.82 Å². The van der Waals surface area contributed by atoms with E-state index in [4.69, 9.17) is 4.74 Å². The first-order valence-electron chi connectivity index (χ1n) is 11.0. The lowest BCUT2D eigenvalue weighted by molar-refractivity contribution is 0.0947. The van der Waals surface area contributed by atoms with Crippen molar-refractivity contribution in [3.8, 4) is 5.75 Å². The fourth-order valence-corrected chi connectivity index (χ4v) is 4.37. The Morgan fingerprint density at radius 2 is 1.65 bits per heavy atom. The number of sulfonamides is 1. The molecule has 0 saturated heterocycles. The summed E-state index contributed by atoms with van der Waals surface area (Å²) in [6.45, 7) is 4.81. The van der Waals surface area contributed by atoms with Gasteiger partial charge in [0.05, 0.1) is 25.0 Å². The van der Waals surface area contributed by atoms with Crippen LogP contribution < -0.4 is 14.4 Å². The Labute approximate surface area is 200 Å². The van der Waals surface area contributed by atoms with Gasteiger partial charge in [-0.25, -0.2) is 12.8 Å². The van der Waals surface area contributed by atoms with Crippen LogP contribution >= 0.6 is 0 Å². The fraction of sp³-hybridized carbons (Fsp3) is 0.269. The number of halogens is 1. The van der Waals surface area contributed by atoms with E-state index in [9.17, 15) is 17.6 Å². The molecule has 6 nitrogen and oxygen atoms in total. The summed E-state index contributed by atoms with van der Waals surface area (Å²) in [6.07, 6.45) is 1.03. The summed E-state index contributed by atoms with van der Waals surface area (Å²) in [7, 11) is -3.71. The van der Waals surface area contributed by atoms with Crippen LogP contribution in [0.2, 0.25) is 0 Å². The molecule has 0 fully saturated rings. The predicted molar refractivity (Wildman–Crippen MR) is 132 cm³/mol. The second-order valence-electron chi connectivity index (χ2n) is 8.21. The molecular weight excluding hydrogens is 455 g/mol. The van der Waals surface area contributed by atoms with Gasteiger partial charge in [-0.15, -0.1) is 0 Å². The van der Waals surface area contributed by atoms with Crippen LogP contribution in [-0.2, 0) is 16.6 Å².